The first kappa shape index (κ1) is 18.9. The highest BCUT2D eigenvalue weighted by molar-refractivity contribution is 7.19. The molecule has 0 radical (unpaired) electrons. The van der Waals surface area contributed by atoms with Crippen LogP contribution in [-0.2, 0) is 4.79 Å². The molecule has 1 aromatic carbocycles. The number of carbonyl (C=O) groups excluding carboxylic acids is 1. The van der Waals surface area contributed by atoms with E-state index in [0.717, 1.165) is 42.0 Å². The summed E-state index contributed by atoms with van der Waals surface area (Å²) in [7, 11) is 0. The molecule has 2 aromatic heterocycles. The fourth-order valence-electron chi connectivity index (χ4n) is 3.90. The Morgan fingerprint density at radius 1 is 1.11 bits per heavy atom. The van der Waals surface area contributed by atoms with Crippen molar-refractivity contribution in [3.8, 4) is 11.1 Å². The number of fused-ring (bicyclic) bond motifs is 1. The Hall–Kier alpha value is -2.47. The van der Waals surface area contributed by atoms with Gasteiger partial charge in [0.1, 0.15) is 17.0 Å². The number of anilines is 1. The number of rotatable bonds is 5. The highest BCUT2D eigenvalue weighted by Crippen LogP contribution is 2.40. The van der Waals surface area contributed by atoms with Gasteiger partial charge >= 0.3 is 0 Å². The van der Waals surface area contributed by atoms with Gasteiger partial charge in [0, 0.05) is 36.5 Å². The van der Waals surface area contributed by atoms with Crippen LogP contribution in [0.25, 0.3) is 21.3 Å². The molecule has 0 bridgehead atoms. The molecular formula is C22H26N4OS. The van der Waals surface area contributed by atoms with Gasteiger partial charge in [-0.25, -0.2) is 9.97 Å². The minimum absolute atomic E-state index is 0.240. The molecule has 5 nitrogen and oxygen atoms in total. The summed E-state index contributed by atoms with van der Waals surface area (Å²) in [5.41, 5.74) is 2.35. The number of nitrogens with one attached hydrogen (secondary N) is 1. The molecule has 1 amide bonds. The highest BCUT2D eigenvalue weighted by atomic mass is 32.1. The van der Waals surface area contributed by atoms with Crippen LogP contribution < -0.4 is 5.32 Å². The SMILES string of the molecule is Cc1sc2ncnc(NCCC(=O)N3CCCCCC3)c2c1-c1ccccc1. The molecule has 4 rings (SSSR count). The molecule has 1 N–H and O–H groups in total. The fourth-order valence-corrected chi connectivity index (χ4v) is 4.91. The van der Waals surface area contributed by atoms with Gasteiger partial charge in [-0.3, -0.25) is 4.79 Å². The molecule has 1 fully saturated rings. The number of carbonyl (C=O) groups is 1. The zero-order valence-corrected chi connectivity index (χ0v) is 17.1. The lowest BCUT2D eigenvalue weighted by molar-refractivity contribution is -0.130. The van der Waals surface area contributed by atoms with E-state index in [9.17, 15) is 4.79 Å². The summed E-state index contributed by atoms with van der Waals surface area (Å²) in [5, 5.41) is 4.46. The van der Waals surface area contributed by atoms with Crippen molar-refractivity contribution in [2.24, 2.45) is 0 Å². The van der Waals surface area contributed by atoms with Gasteiger partial charge in [0.2, 0.25) is 5.91 Å². The maximum atomic E-state index is 12.6. The van der Waals surface area contributed by atoms with E-state index in [2.05, 4.69) is 46.5 Å². The van der Waals surface area contributed by atoms with Crippen LogP contribution in [0.1, 0.15) is 37.0 Å². The second-order valence-electron chi connectivity index (χ2n) is 7.27. The van der Waals surface area contributed by atoms with Gasteiger partial charge in [-0.15, -0.1) is 11.3 Å². The van der Waals surface area contributed by atoms with Gasteiger partial charge < -0.3 is 10.2 Å². The maximum absolute atomic E-state index is 12.6. The zero-order chi connectivity index (χ0) is 19.3. The van der Waals surface area contributed by atoms with E-state index in [1.165, 1.54) is 28.8 Å². The molecule has 146 valence electrons. The van der Waals surface area contributed by atoms with Gasteiger partial charge in [0.15, 0.2) is 0 Å². The first-order chi connectivity index (χ1) is 13.7. The summed E-state index contributed by atoms with van der Waals surface area (Å²) >= 11 is 1.69. The molecule has 0 atom stereocenters. The quantitative estimate of drug-likeness (QED) is 0.671. The molecule has 28 heavy (non-hydrogen) atoms. The molecule has 6 heteroatoms. The van der Waals surface area contributed by atoms with Crippen LogP contribution in [0.2, 0.25) is 0 Å². The first-order valence-corrected chi connectivity index (χ1v) is 10.9. The standard InChI is InChI=1S/C22H26N4OS/c1-16-19(17-9-5-4-6-10-17)20-21(24-15-25-22(20)28-16)23-12-11-18(27)26-13-7-2-3-8-14-26/h4-6,9-10,15H,2-3,7-8,11-14H2,1H3,(H,23,24,25). The van der Waals surface area contributed by atoms with Crippen LogP contribution >= 0.6 is 11.3 Å². The Balaban J connectivity index is 1.52. The van der Waals surface area contributed by atoms with E-state index in [4.69, 9.17) is 0 Å². The third kappa shape index (κ3) is 4.02. The van der Waals surface area contributed by atoms with Crippen molar-refractivity contribution < 1.29 is 4.79 Å². The number of amides is 1. The largest absolute Gasteiger partial charge is 0.369 e. The van der Waals surface area contributed by atoms with Crippen LogP contribution in [0.3, 0.4) is 0 Å². The molecule has 3 aromatic rings. The summed E-state index contributed by atoms with van der Waals surface area (Å²) in [6, 6.07) is 10.4. The van der Waals surface area contributed by atoms with E-state index >= 15 is 0 Å². The average Bonchev–Trinajstić information content (AvgIpc) is 2.88. The third-order valence-electron chi connectivity index (χ3n) is 5.32. The number of likely N-dealkylation sites (tertiary alicyclic amines) is 1. The fraction of sp³-hybridized carbons (Fsp3) is 0.409. The van der Waals surface area contributed by atoms with Crippen molar-refractivity contribution in [2.45, 2.75) is 39.0 Å². The Labute approximate surface area is 169 Å². The van der Waals surface area contributed by atoms with E-state index in [-0.39, 0.29) is 5.91 Å². The molecule has 1 saturated heterocycles. The van der Waals surface area contributed by atoms with Crippen molar-refractivity contribution in [3.63, 3.8) is 0 Å². The van der Waals surface area contributed by atoms with E-state index in [0.29, 0.717) is 13.0 Å². The predicted octanol–water partition coefficient (Wildman–Crippen LogP) is 4.87. The van der Waals surface area contributed by atoms with E-state index in [1.807, 2.05) is 11.0 Å². The number of thiophene rings is 1. The Bertz CT molecular complexity index is 946. The van der Waals surface area contributed by atoms with E-state index in [1.54, 1.807) is 17.7 Å². The Kier molecular flexibility index (Phi) is 5.86. The van der Waals surface area contributed by atoms with Gasteiger partial charge in [-0.1, -0.05) is 43.2 Å². The van der Waals surface area contributed by atoms with Crippen molar-refractivity contribution in [1.29, 1.82) is 0 Å². The van der Waals surface area contributed by atoms with Gasteiger partial charge in [0.25, 0.3) is 0 Å². The number of benzene rings is 1. The summed E-state index contributed by atoms with van der Waals surface area (Å²) in [5.74, 6) is 1.06. The van der Waals surface area contributed by atoms with Crippen molar-refractivity contribution in [2.75, 3.05) is 25.0 Å². The molecule has 1 aliphatic heterocycles. The third-order valence-corrected chi connectivity index (χ3v) is 6.33. The highest BCUT2D eigenvalue weighted by Gasteiger charge is 2.18. The Morgan fingerprint density at radius 3 is 2.61 bits per heavy atom. The zero-order valence-electron chi connectivity index (χ0n) is 16.3. The molecule has 0 spiro atoms. The summed E-state index contributed by atoms with van der Waals surface area (Å²) in [4.78, 5) is 25.7. The number of nitrogens with zero attached hydrogens (tertiary/aromatic N) is 3. The lowest BCUT2D eigenvalue weighted by atomic mass is 10.0. The van der Waals surface area contributed by atoms with Gasteiger partial charge in [-0.2, -0.15) is 0 Å². The van der Waals surface area contributed by atoms with Crippen LogP contribution in [0, 0.1) is 6.92 Å². The summed E-state index contributed by atoms with van der Waals surface area (Å²) in [6.07, 6.45) is 6.82. The molecule has 0 unspecified atom stereocenters. The number of aryl methyl sites for hydroxylation is 1. The minimum atomic E-state index is 0.240. The number of aromatic nitrogens is 2. The van der Waals surface area contributed by atoms with Crippen LogP contribution in [0.5, 0.6) is 0 Å². The molecular weight excluding hydrogens is 368 g/mol. The van der Waals surface area contributed by atoms with Crippen molar-refractivity contribution in [3.05, 3.63) is 41.5 Å². The minimum Gasteiger partial charge on any atom is -0.369 e. The molecule has 3 heterocycles. The van der Waals surface area contributed by atoms with Gasteiger partial charge in [-0.05, 0) is 25.3 Å². The topological polar surface area (TPSA) is 58.1 Å². The smallest absolute Gasteiger partial charge is 0.224 e. The lowest BCUT2D eigenvalue weighted by Crippen LogP contribution is -2.32. The summed E-state index contributed by atoms with van der Waals surface area (Å²) < 4.78 is 0. The number of hydrogen-bond donors (Lipinski definition) is 1. The van der Waals surface area contributed by atoms with Crippen LogP contribution in [-0.4, -0.2) is 40.4 Å². The van der Waals surface area contributed by atoms with Crippen molar-refractivity contribution >= 4 is 33.3 Å². The van der Waals surface area contributed by atoms with Crippen LogP contribution in [0.4, 0.5) is 5.82 Å². The lowest BCUT2D eigenvalue weighted by Gasteiger charge is -2.20. The van der Waals surface area contributed by atoms with Crippen molar-refractivity contribution in [1.82, 2.24) is 14.9 Å². The number of hydrogen-bond acceptors (Lipinski definition) is 5. The molecule has 1 aliphatic rings. The normalized spacial score (nSPS) is 14.8. The Morgan fingerprint density at radius 2 is 1.86 bits per heavy atom. The monoisotopic (exact) mass is 394 g/mol. The first-order valence-electron chi connectivity index (χ1n) is 10.0. The molecule has 0 saturated carbocycles. The second-order valence-corrected chi connectivity index (χ2v) is 8.48. The second kappa shape index (κ2) is 8.69. The maximum Gasteiger partial charge on any atom is 0.224 e. The predicted molar refractivity (Wildman–Crippen MR) is 116 cm³/mol. The molecule has 0 aliphatic carbocycles. The average molecular weight is 395 g/mol. The van der Waals surface area contributed by atoms with Crippen LogP contribution in [0.15, 0.2) is 36.7 Å². The summed E-state index contributed by atoms with van der Waals surface area (Å²) in [6.45, 7) is 4.52. The van der Waals surface area contributed by atoms with Gasteiger partial charge in [0.05, 0.1) is 5.39 Å². The van der Waals surface area contributed by atoms with E-state index < -0.39 is 0 Å².